The molecule has 5 rings (SSSR count). The lowest BCUT2D eigenvalue weighted by molar-refractivity contribution is -0.274. The van der Waals surface area contributed by atoms with Gasteiger partial charge in [0.15, 0.2) is 0 Å². The Morgan fingerprint density at radius 2 is 1.97 bits per heavy atom. The van der Waals surface area contributed by atoms with Gasteiger partial charge in [0.05, 0.1) is 30.2 Å². The number of aromatic nitrogens is 2. The van der Waals surface area contributed by atoms with Gasteiger partial charge in [0.1, 0.15) is 5.75 Å². The number of alkyl halides is 3. The predicted molar refractivity (Wildman–Crippen MR) is 115 cm³/mol. The van der Waals surface area contributed by atoms with Crippen LogP contribution in [0.3, 0.4) is 0 Å². The molecular formula is C24H22F3N3O4. The lowest BCUT2D eigenvalue weighted by Gasteiger charge is -2.44. The van der Waals surface area contributed by atoms with Crippen molar-refractivity contribution in [2.75, 3.05) is 0 Å². The lowest BCUT2D eigenvalue weighted by atomic mass is 9.65. The van der Waals surface area contributed by atoms with E-state index in [1.165, 1.54) is 24.3 Å². The lowest BCUT2D eigenvalue weighted by Crippen LogP contribution is -2.52. The van der Waals surface area contributed by atoms with Crippen molar-refractivity contribution in [1.82, 2.24) is 15.1 Å². The van der Waals surface area contributed by atoms with Gasteiger partial charge in [0.2, 0.25) is 0 Å². The number of carbonyl (C=O) groups excluding carboxylic acids is 1. The molecule has 178 valence electrons. The van der Waals surface area contributed by atoms with Crippen LogP contribution in [0.1, 0.15) is 42.1 Å². The minimum Gasteiger partial charge on any atom is -0.481 e. The third-order valence-electron chi connectivity index (χ3n) is 6.95. The van der Waals surface area contributed by atoms with E-state index in [2.05, 4.69) is 15.2 Å². The van der Waals surface area contributed by atoms with E-state index in [1.54, 1.807) is 23.0 Å². The summed E-state index contributed by atoms with van der Waals surface area (Å²) >= 11 is 0. The average Bonchev–Trinajstić information content (AvgIpc) is 3.17. The number of nitrogens with one attached hydrogen (secondary N) is 1. The highest BCUT2D eigenvalue weighted by Gasteiger charge is 2.73. The van der Waals surface area contributed by atoms with Crippen LogP contribution >= 0.6 is 0 Å². The SMILES string of the molecule is C[C@@]1(CC(=O)O)CC2(NC(=O)c3cccc4cnn(Cc5ccc(OC(F)(F)F)cc5)c34)C[C@@H]21. The summed E-state index contributed by atoms with van der Waals surface area (Å²) in [6.45, 7) is 2.20. The van der Waals surface area contributed by atoms with Crippen molar-refractivity contribution in [2.24, 2.45) is 11.3 Å². The standard InChI is InChI=1S/C24H22F3N3O4/c1-22(10-19(31)32)13-23(9-18(22)23)29-21(33)17-4-2-3-15-11-28-30(20(15)17)12-14-5-7-16(8-6-14)34-24(25,26)27/h2-8,11,18H,9-10,12-13H2,1H3,(H,29,33)(H,31,32)/t18-,22-,23?/m1/s1. The molecule has 7 nitrogen and oxygen atoms in total. The molecule has 0 spiro atoms. The Balaban J connectivity index is 1.34. The molecule has 0 saturated heterocycles. The third-order valence-corrected chi connectivity index (χ3v) is 6.95. The van der Waals surface area contributed by atoms with E-state index in [0.29, 0.717) is 23.1 Å². The Kier molecular flexibility index (Phi) is 4.89. The fraction of sp³-hybridized carbons (Fsp3) is 0.375. The molecule has 2 fully saturated rings. The maximum absolute atomic E-state index is 13.2. The number of hydrogen-bond acceptors (Lipinski definition) is 4. The Bertz CT molecular complexity index is 1290. The second kappa shape index (κ2) is 7.48. The Morgan fingerprint density at radius 1 is 1.24 bits per heavy atom. The van der Waals surface area contributed by atoms with Crippen LogP contribution < -0.4 is 10.1 Å². The molecule has 1 aromatic heterocycles. The summed E-state index contributed by atoms with van der Waals surface area (Å²) in [7, 11) is 0. The molecule has 34 heavy (non-hydrogen) atoms. The molecule has 2 aliphatic rings. The number of hydrogen-bond donors (Lipinski definition) is 2. The molecule has 0 radical (unpaired) electrons. The van der Waals surface area contributed by atoms with Gasteiger partial charge in [-0.15, -0.1) is 13.2 Å². The van der Waals surface area contributed by atoms with Crippen LogP contribution in [0, 0.1) is 11.3 Å². The number of halogens is 3. The van der Waals surface area contributed by atoms with Gasteiger partial charge in [0.25, 0.3) is 5.91 Å². The van der Waals surface area contributed by atoms with Gasteiger partial charge in [-0.3, -0.25) is 14.3 Å². The van der Waals surface area contributed by atoms with E-state index in [4.69, 9.17) is 5.11 Å². The van der Waals surface area contributed by atoms with E-state index in [9.17, 15) is 22.8 Å². The van der Waals surface area contributed by atoms with Gasteiger partial charge in [-0.1, -0.05) is 31.2 Å². The molecule has 2 N–H and O–H groups in total. The maximum Gasteiger partial charge on any atom is 0.573 e. The highest BCUT2D eigenvalue weighted by molar-refractivity contribution is 6.06. The van der Waals surface area contributed by atoms with Crippen molar-refractivity contribution < 1.29 is 32.6 Å². The van der Waals surface area contributed by atoms with Crippen LogP contribution in [0.2, 0.25) is 0 Å². The highest BCUT2D eigenvalue weighted by atomic mass is 19.4. The molecule has 2 saturated carbocycles. The zero-order valence-corrected chi connectivity index (χ0v) is 18.2. The van der Waals surface area contributed by atoms with Gasteiger partial charge in [0, 0.05) is 10.9 Å². The predicted octanol–water partition coefficient (Wildman–Crippen LogP) is 4.36. The van der Waals surface area contributed by atoms with Crippen molar-refractivity contribution in [3.05, 3.63) is 59.8 Å². The topological polar surface area (TPSA) is 93.5 Å². The first-order chi connectivity index (χ1) is 16.0. The Labute approximate surface area is 192 Å². The minimum absolute atomic E-state index is 0.0877. The van der Waals surface area contributed by atoms with Gasteiger partial charge < -0.3 is 15.2 Å². The number of amides is 1. The molecule has 1 amide bonds. The summed E-state index contributed by atoms with van der Waals surface area (Å²) in [6, 6.07) is 10.8. The van der Waals surface area contributed by atoms with Crippen LogP contribution in [0.15, 0.2) is 48.7 Å². The number of nitrogens with zero attached hydrogens (tertiary/aromatic N) is 2. The zero-order valence-electron chi connectivity index (χ0n) is 18.2. The number of rotatable bonds is 7. The number of carboxylic acid groups (broad SMARTS) is 1. The number of ether oxygens (including phenoxy) is 1. The maximum atomic E-state index is 13.2. The Morgan fingerprint density at radius 3 is 2.62 bits per heavy atom. The molecular weight excluding hydrogens is 451 g/mol. The van der Waals surface area contributed by atoms with E-state index < -0.39 is 12.3 Å². The van der Waals surface area contributed by atoms with Gasteiger partial charge in [-0.25, -0.2) is 0 Å². The summed E-state index contributed by atoms with van der Waals surface area (Å²) in [5.41, 5.74) is 1.12. The summed E-state index contributed by atoms with van der Waals surface area (Å²) in [6.07, 6.45) is -1.63. The molecule has 1 unspecified atom stereocenters. The van der Waals surface area contributed by atoms with Crippen molar-refractivity contribution in [2.45, 2.75) is 44.6 Å². The quantitative estimate of drug-likeness (QED) is 0.532. The van der Waals surface area contributed by atoms with Crippen molar-refractivity contribution in [1.29, 1.82) is 0 Å². The van der Waals surface area contributed by atoms with Crippen LogP contribution in [0.25, 0.3) is 10.9 Å². The Hall–Kier alpha value is -3.56. The fourth-order valence-corrected chi connectivity index (χ4v) is 5.55. The van der Waals surface area contributed by atoms with Crippen molar-refractivity contribution >= 4 is 22.8 Å². The summed E-state index contributed by atoms with van der Waals surface area (Å²) in [4.78, 5) is 24.4. The number of aliphatic carboxylic acids is 1. The van der Waals surface area contributed by atoms with E-state index in [1.807, 2.05) is 13.0 Å². The molecule has 0 bridgehead atoms. The number of carboxylic acids is 1. The molecule has 0 aliphatic heterocycles. The number of fused-ring (bicyclic) bond motifs is 2. The first kappa shape index (κ1) is 22.2. The van der Waals surface area contributed by atoms with Crippen LogP contribution in [-0.4, -0.2) is 38.7 Å². The number of para-hydroxylation sites is 1. The van der Waals surface area contributed by atoms with Crippen LogP contribution in [-0.2, 0) is 11.3 Å². The summed E-state index contributed by atoms with van der Waals surface area (Å²) < 4.78 is 42.7. The van der Waals surface area contributed by atoms with Crippen molar-refractivity contribution in [3.8, 4) is 5.75 Å². The highest BCUT2D eigenvalue weighted by Crippen LogP contribution is 2.71. The first-order valence-corrected chi connectivity index (χ1v) is 10.8. The molecule has 3 aromatic rings. The summed E-state index contributed by atoms with van der Waals surface area (Å²) in [5.74, 6) is -1.24. The van der Waals surface area contributed by atoms with Crippen LogP contribution in [0.4, 0.5) is 13.2 Å². The number of carbonyl (C=O) groups is 2. The second-order valence-electron chi connectivity index (χ2n) is 9.51. The first-order valence-electron chi connectivity index (χ1n) is 10.8. The largest absolute Gasteiger partial charge is 0.573 e. The molecule has 3 atom stereocenters. The summed E-state index contributed by atoms with van der Waals surface area (Å²) in [5, 5.41) is 17.4. The normalized spacial score (nSPS) is 25.4. The van der Waals surface area contributed by atoms with Crippen molar-refractivity contribution in [3.63, 3.8) is 0 Å². The molecule has 10 heteroatoms. The van der Waals surface area contributed by atoms with Gasteiger partial charge in [-0.05, 0) is 47.9 Å². The van der Waals surface area contributed by atoms with E-state index >= 15 is 0 Å². The van der Waals surface area contributed by atoms with E-state index in [-0.39, 0.29) is 41.5 Å². The fourth-order valence-electron chi connectivity index (χ4n) is 5.55. The van der Waals surface area contributed by atoms with Crippen LogP contribution in [0.5, 0.6) is 5.75 Å². The van der Waals surface area contributed by atoms with Gasteiger partial charge >= 0.3 is 12.3 Å². The third kappa shape index (κ3) is 3.97. The van der Waals surface area contributed by atoms with E-state index in [0.717, 1.165) is 11.8 Å². The average molecular weight is 473 g/mol. The van der Waals surface area contributed by atoms with Gasteiger partial charge in [-0.2, -0.15) is 5.10 Å². The minimum atomic E-state index is -4.76. The smallest absolute Gasteiger partial charge is 0.481 e. The monoisotopic (exact) mass is 473 g/mol. The number of benzene rings is 2. The molecule has 2 aliphatic carbocycles. The second-order valence-corrected chi connectivity index (χ2v) is 9.51. The zero-order chi connectivity index (χ0) is 24.3. The molecule has 2 aromatic carbocycles. The molecule has 1 heterocycles.